The van der Waals surface area contributed by atoms with Crippen molar-refractivity contribution in [3.63, 3.8) is 0 Å². The third kappa shape index (κ3) is 2.12. The molecule has 0 fully saturated rings. The molecule has 0 aromatic heterocycles. The molecule has 0 unspecified atom stereocenters. The highest BCUT2D eigenvalue weighted by atomic mass is 16.3. The van der Waals surface area contributed by atoms with Gasteiger partial charge in [0.05, 0.1) is 6.54 Å². The van der Waals surface area contributed by atoms with E-state index < -0.39 is 0 Å². The van der Waals surface area contributed by atoms with Crippen LogP contribution in [0.4, 0.5) is 0 Å². The quantitative estimate of drug-likeness (QED) is 0.767. The molecule has 0 spiro atoms. The molecule has 3 heteroatoms. The Kier molecular flexibility index (Phi) is 2.62. The highest BCUT2D eigenvalue weighted by Gasteiger charge is 2.09. The molecule has 0 radical (unpaired) electrons. The van der Waals surface area contributed by atoms with Gasteiger partial charge < -0.3 is 10.4 Å². The van der Waals surface area contributed by atoms with Crippen molar-refractivity contribution in [2.24, 2.45) is 4.99 Å². The third-order valence-electron chi connectivity index (χ3n) is 2.76. The maximum Gasteiger partial charge on any atom is 0.118 e. The third-order valence-corrected chi connectivity index (χ3v) is 2.76. The lowest BCUT2D eigenvalue weighted by Gasteiger charge is -2.09. The molecule has 0 saturated heterocycles. The number of nitrogens with zero attached hydrogens (tertiary/aromatic N) is 1. The number of nitrogens with one attached hydrogen (secondary N) is 1. The molecule has 1 aliphatic heterocycles. The summed E-state index contributed by atoms with van der Waals surface area (Å²) in [6.07, 6.45) is 0.840. The second-order valence-electron chi connectivity index (χ2n) is 4.00. The molecule has 2 N–H and O–H groups in total. The van der Waals surface area contributed by atoms with E-state index in [-0.39, 0.29) is 0 Å². The van der Waals surface area contributed by atoms with Gasteiger partial charge in [0.25, 0.3) is 0 Å². The van der Waals surface area contributed by atoms with Gasteiger partial charge in [-0.2, -0.15) is 0 Å². The average Bonchev–Trinajstić information content (AvgIpc) is 2.67. The Bertz CT molecular complexity index is 410. The minimum atomic E-state index is 0.373. The van der Waals surface area contributed by atoms with Gasteiger partial charge in [0, 0.05) is 13.0 Å². The Labute approximate surface area is 89.9 Å². The maximum absolute atomic E-state index is 9.54. The molecule has 2 rings (SSSR count). The molecule has 0 atom stereocenters. The molecule has 1 heterocycles. The summed E-state index contributed by atoms with van der Waals surface area (Å²) in [4.78, 5) is 4.37. The van der Waals surface area contributed by atoms with E-state index in [0.29, 0.717) is 5.75 Å². The normalized spacial score (nSPS) is 14.9. The number of aromatic hydroxyl groups is 1. The van der Waals surface area contributed by atoms with Gasteiger partial charge in [-0.15, -0.1) is 0 Å². The fraction of sp³-hybridized carbons (Fsp3) is 0.417. The van der Waals surface area contributed by atoms with E-state index in [0.717, 1.165) is 36.5 Å². The van der Waals surface area contributed by atoms with Crippen LogP contribution in [0.25, 0.3) is 0 Å². The summed E-state index contributed by atoms with van der Waals surface area (Å²) in [5.41, 5.74) is 3.28. The Balaban J connectivity index is 2.24. The molecular formula is C12H16N2O. The first-order valence-corrected chi connectivity index (χ1v) is 5.23. The first kappa shape index (κ1) is 10.0. The summed E-state index contributed by atoms with van der Waals surface area (Å²) >= 11 is 0. The molecule has 0 saturated carbocycles. The summed E-state index contributed by atoms with van der Waals surface area (Å²) < 4.78 is 0. The number of phenols is 1. The Morgan fingerprint density at radius 2 is 2.13 bits per heavy atom. The van der Waals surface area contributed by atoms with Crippen LogP contribution in [0.5, 0.6) is 5.75 Å². The number of hydrogen-bond donors (Lipinski definition) is 2. The molecular weight excluding hydrogens is 188 g/mol. The van der Waals surface area contributed by atoms with Crippen LogP contribution in [0.1, 0.15) is 16.7 Å². The lowest BCUT2D eigenvalue weighted by molar-refractivity contribution is 0.470. The van der Waals surface area contributed by atoms with Crippen LogP contribution in [0.3, 0.4) is 0 Å². The van der Waals surface area contributed by atoms with Crippen molar-refractivity contribution < 1.29 is 5.11 Å². The van der Waals surface area contributed by atoms with Crippen molar-refractivity contribution in [3.8, 4) is 5.75 Å². The van der Waals surface area contributed by atoms with Crippen molar-refractivity contribution in [3.05, 3.63) is 28.8 Å². The number of benzene rings is 1. The van der Waals surface area contributed by atoms with Gasteiger partial charge in [-0.05, 0) is 36.6 Å². The van der Waals surface area contributed by atoms with Crippen LogP contribution in [-0.4, -0.2) is 24.0 Å². The maximum atomic E-state index is 9.54. The molecule has 80 valence electrons. The predicted molar refractivity (Wildman–Crippen MR) is 61.6 cm³/mol. The topological polar surface area (TPSA) is 44.6 Å². The van der Waals surface area contributed by atoms with Crippen molar-refractivity contribution in [1.29, 1.82) is 0 Å². The van der Waals surface area contributed by atoms with E-state index in [1.807, 2.05) is 26.0 Å². The van der Waals surface area contributed by atoms with Crippen molar-refractivity contribution in [1.82, 2.24) is 5.32 Å². The van der Waals surface area contributed by atoms with Gasteiger partial charge in [-0.25, -0.2) is 0 Å². The van der Waals surface area contributed by atoms with E-state index >= 15 is 0 Å². The highest BCUT2D eigenvalue weighted by Crippen LogP contribution is 2.21. The standard InChI is InChI=1S/C12H16N2O/c1-8-6-11(15)9(2)5-10(8)7-12-13-3-4-14-12/h5-6,15H,3-4,7H2,1-2H3,(H,13,14). The molecule has 1 aromatic carbocycles. The first-order chi connectivity index (χ1) is 7.16. The molecule has 1 aliphatic rings. The van der Waals surface area contributed by atoms with E-state index in [9.17, 15) is 5.11 Å². The molecule has 15 heavy (non-hydrogen) atoms. The van der Waals surface area contributed by atoms with Crippen LogP contribution >= 0.6 is 0 Å². The lowest BCUT2D eigenvalue weighted by atomic mass is 10.0. The smallest absolute Gasteiger partial charge is 0.118 e. The SMILES string of the molecule is Cc1cc(CC2=NCCN2)c(C)cc1O. The zero-order valence-electron chi connectivity index (χ0n) is 9.17. The zero-order valence-corrected chi connectivity index (χ0v) is 9.17. The minimum Gasteiger partial charge on any atom is -0.508 e. The summed E-state index contributed by atoms with van der Waals surface area (Å²) in [6, 6.07) is 3.85. The zero-order chi connectivity index (χ0) is 10.8. The minimum absolute atomic E-state index is 0.373. The van der Waals surface area contributed by atoms with Crippen LogP contribution < -0.4 is 5.32 Å². The number of hydrogen-bond acceptors (Lipinski definition) is 3. The lowest BCUT2D eigenvalue weighted by Crippen LogP contribution is -2.20. The summed E-state index contributed by atoms with van der Waals surface area (Å²) in [7, 11) is 0. The van der Waals surface area contributed by atoms with Gasteiger partial charge in [-0.1, -0.05) is 6.07 Å². The van der Waals surface area contributed by atoms with Crippen LogP contribution in [0, 0.1) is 13.8 Å². The number of phenolic OH excluding ortho intramolecular Hbond substituents is 1. The Hall–Kier alpha value is -1.51. The highest BCUT2D eigenvalue weighted by molar-refractivity contribution is 5.86. The van der Waals surface area contributed by atoms with Gasteiger partial charge in [0.15, 0.2) is 0 Å². The molecule has 1 aromatic rings. The van der Waals surface area contributed by atoms with Crippen molar-refractivity contribution in [2.75, 3.05) is 13.1 Å². The van der Waals surface area contributed by atoms with E-state index in [1.54, 1.807) is 0 Å². The number of rotatable bonds is 2. The largest absolute Gasteiger partial charge is 0.508 e. The average molecular weight is 204 g/mol. The molecule has 0 amide bonds. The molecule has 0 bridgehead atoms. The van der Waals surface area contributed by atoms with Crippen molar-refractivity contribution >= 4 is 5.84 Å². The summed E-state index contributed by atoms with van der Waals surface area (Å²) in [6.45, 7) is 5.77. The summed E-state index contributed by atoms with van der Waals surface area (Å²) in [5, 5.41) is 12.8. The van der Waals surface area contributed by atoms with Gasteiger partial charge in [-0.3, -0.25) is 4.99 Å². The number of aliphatic imine (C=N–C) groups is 1. The van der Waals surface area contributed by atoms with Crippen LogP contribution in [0.15, 0.2) is 17.1 Å². The Morgan fingerprint density at radius 1 is 1.33 bits per heavy atom. The first-order valence-electron chi connectivity index (χ1n) is 5.23. The fourth-order valence-corrected chi connectivity index (χ4v) is 1.80. The Morgan fingerprint density at radius 3 is 2.80 bits per heavy atom. The second-order valence-corrected chi connectivity index (χ2v) is 4.00. The summed E-state index contributed by atoms with van der Waals surface area (Å²) in [5.74, 6) is 1.43. The number of aryl methyl sites for hydroxylation is 2. The van der Waals surface area contributed by atoms with Crippen LogP contribution in [0.2, 0.25) is 0 Å². The van der Waals surface area contributed by atoms with Gasteiger partial charge in [0.1, 0.15) is 11.6 Å². The number of amidine groups is 1. The monoisotopic (exact) mass is 204 g/mol. The van der Waals surface area contributed by atoms with E-state index in [2.05, 4.69) is 10.3 Å². The second kappa shape index (κ2) is 3.93. The molecule has 0 aliphatic carbocycles. The van der Waals surface area contributed by atoms with E-state index in [1.165, 1.54) is 5.56 Å². The van der Waals surface area contributed by atoms with Crippen molar-refractivity contribution in [2.45, 2.75) is 20.3 Å². The molecule has 3 nitrogen and oxygen atoms in total. The predicted octanol–water partition coefficient (Wildman–Crippen LogP) is 1.55. The van der Waals surface area contributed by atoms with Crippen LogP contribution in [-0.2, 0) is 6.42 Å². The van der Waals surface area contributed by atoms with Gasteiger partial charge >= 0.3 is 0 Å². The van der Waals surface area contributed by atoms with E-state index in [4.69, 9.17) is 0 Å². The fourth-order valence-electron chi connectivity index (χ4n) is 1.80. The van der Waals surface area contributed by atoms with Gasteiger partial charge in [0.2, 0.25) is 0 Å².